The van der Waals surface area contributed by atoms with Gasteiger partial charge in [0.25, 0.3) is 5.91 Å². The zero-order valence-electron chi connectivity index (χ0n) is 16.0. The summed E-state index contributed by atoms with van der Waals surface area (Å²) in [6.07, 6.45) is 0. The number of hydrogen-bond acceptors (Lipinski definition) is 3. The van der Waals surface area contributed by atoms with Gasteiger partial charge in [-0.15, -0.1) is 0 Å². The third-order valence-corrected chi connectivity index (χ3v) is 5.38. The van der Waals surface area contributed by atoms with Crippen LogP contribution in [-0.4, -0.2) is 89.3 Å². The molecule has 0 aliphatic carbocycles. The molecule has 0 bridgehead atoms. The molecular weight excluding hydrogens is 344 g/mol. The molecule has 27 heavy (non-hydrogen) atoms. The molecule has 142 valence electrons. The second-order valence-electron chi connectivity index (χ2n) is 7.27. The highest BCUT2D eigenvalue weighted by atomic mass is 16.2. The fraction of sp³-hybridized carbons (Fsp3) is 0.474. The molecule has 1 N–H and O–H groups in total. The molecule has 1 unspecified atom stereocenters. The minimum absolute atomic E-state index is 0.218. The molecule has 8 nitrogen and oxygen atoms in total. The van der Waals surface area contributed by atoms with Crippen molar-refractivity contribution in [2.24, 2.45) is 4.99 Å². The first kappa shape index (κ1) is 17.7. The second-order valence-corrected chi connectivity index (χ2v) is 7.27. The largest absolute Gasteiger partial charge is 0.392 e. The van der Waals surface area contributed by atoms with E-state index in [2.05, 4.69) is 14.9 Å². The molecule has 0 radical (unpaired) electrons. The van der Waals surface area contributed by atoms with E-state index in [1.54, 1.807) is 7.05 Å². The Kier molecular flexibility index (Phi) is 4.43. The lowest BCUT2D eigenvalue weighted by molar-refractivity contribution is -0.537. The van der Waals surface area contributed by atoms with E-state index in [0.717, 1.165) is 43.3 Å². The molecule has 8 heteroatoms. The zero-order valence-corrected chi connectivity index (χ0v) is 16.0. The molecule has 4 rings (SSSR count). The van der Waals surface area contributed by atoms with Crippen LogP contribution in [-0.2, 0) is 11.3 Å². The molecule has 1 aromatic rings. The van der Waals surface area contributed by atoms with Crippen molar-refractivity contribution in [2.75, 3.05) is 40.3 Å². The number of fused-ring (bicyclic) bond motifs is 1. The van der Waals surface area contributed by atoms with Crippen molar-refractivity contribution in [3.63, 3.8) is 0 Å². The van der Waals surface area contributed by atoms with Crippen molar-refractivity contribution < 1.29 is 14.2 Å². The number of aryl methyl sites for hydroxylation is 1. The van der Waals surface area contributed by atoms with Crippen molar-refractivity contribution in [1.29, 1.82) is 0 Å². The molecule has 1 atom stereocenters. The van der Waals surface area contributed by atoms with Crippen LogP contribution in [0, 0.1) is 6.92 Å². The highest BCUT2D eigenvalue weighted by molar-refractivity contribution is 6.25. The minimum Gasteiger partial charge on any atom is -0.310 e. The molecule has 2 saturated heterocycles. The average Bonchev–Trinajstić information content (AvgIpc) is 3.03. The maximum absolute atomic E-state index is 13.2. The van der Waals surface area contributed by atoms with Gasteiger partial charge < -0.3 is 5.32 Å². The SMILES string of the molecule is Cc1ccc(CN2C(=O)C3C(=NC(=[N+]4CCNCC4)N3C)N(C)C2=O)cc1. The van der Waals surface area contributed by atoms with E-state index < -0.39 is 6.04 Å². The molecule has 1 aromatic carbocycles. The predicted octanol–water partition coefficient (Wildman–Crippen LogP) is 0.0732. The normalized spacial score (nSPS) is 23.1. The Balaban J connectivity index is 1.64. The van der Waals surface area contributed by atoms with Crippen LogP contribution in [0.3, 0.4) is 0 Å². The summed E-state index contributed by atoms with van der Waals surface area (Å²) in [4.78, 5) is 35.4. The van der Waals surface area contributed by atoms with Crippen LogP contribution in [0.5, 0.6) is 0 Å². The number of carbonyl (C=O) groups excluding carboxylic acids is 2. The number of likely N-dealkylation sites (N-methyl/N-ethyl adjacent to an activating group) is 2. The summed E-state index contributed by atoms with van der Waals surface area (Å²) in [5.74, 6) is 1.06. The van der Waals surface area contributed by atoms with E-state index >= 15 is 0 Å². The number of carbonyl (C=O) groups is 2. The van der Waals surface area contributed by atoms with E-state index in [0.29, 0.717) is 5.84 Å². The Labute approximate surface area is 158 Å². The van der Waals surface area contributed by atoms with Gasteiger partial charge in [-0.25, -0.2) is 9.69 Å². The van der Waals surface area contributed by atoms with Crippen LogP contribution < -0.4 is 5.32 Å². The first-order valence-corrected chi connectivity index (χ1v) is 9.26. The zero-order chi connectivity index (χ0) is 19.1. The average molecular weight is 369 g/mol. The molecule has 3 aliphatic heterocycles. The third-order valence-electron chi connectivity index (χ3n) is 5.38. The van der Waals surface area contributed by atoms with E-state index in [4.69, 9.17) is 0 Å². The first-order valence-electron chi connectivity index (χ1n) is 9.26. The number of urea groups is 1. The molecule has 0 saturated carbocycles. The molecule has 2 fully saturated rings. The van der Waals surface area contributed by atoms with Gasteiger partial charge in [0.1, 0.15) is 0 Å². The lowest BCUT2D eigenvalue weighted by Gasteiger charge is -2.34. The maximum atomic E-state index is 13.2. The maximum Gasteiger partial charge on any atom is 0.392 e. The number of nitrogens with zero attached hydrogens (tertiary/aromatic N) is 5. The Morgan fingerprint density at radius 2 is 1.81 bits per heavy atom. The Morgan fingerprint density at radius 1 is 1.15 bits per heavy atom. The number of benzene rings is 1. The number of nitrogens with one attached hydrogen (secondary N) is 1. The monoisotopic (exact) mass is 369 g/mol. The van der Waals surface area contributed by atoms with Gasteiger partial charge in [0.15, 0.2) is 0 Å². The van der Waals surface area contributed by atoms with Crippen LogP contribution in [0.15, 0.2) is 29.3 Å². The molecule has 3 amide bonds. The van der Waals surface area contributed by atoms with Crippen molar-refractivity contribution in [3.8, 4) is 0 Å². The van der Waals surface area contributed by atoms with Crippen molar-refractivity contribution in [2.45, 2.75) is 19.5 Å². The number of amides is 3. The summed E-state index contributed by atoms with van der Waals surface area (Å²) in [5, 5.41) is 3.32. The van der Waals surface area contributed by atoms with Crippen molar-refractivity contribution in [1.82, 2.24) is 20.0 Å². The van der Waals surface area contributed by atoms with Gasteiger partial charge in [0.05, 0.1) is 26.7 Å². The van der Waals surface area contributed by atoms with Gasteiger partial charge in [0.2, 0.25) is 11.9 Å². The number of guanidine groups is 1. The van der Waals surface area contributed by atoms with E-state index in [1.165, 1.54) is 9.80 Å². The van der Waals surface area contributed by atoms with Crippen molar-refractivity contribution >= 4 is 23.7 Å². The predicted molar refractivity (Wildman–Crippen MR) is 102 cm³/mol. The number of imide groups is 1. The fourth-order valence-corrected chi connectivity index (χ4v) is 3.77. The molecular formula is C19H25N6O2+. The summed E-state index contributed by atoms with van der Waals surface area (Å²) >= 11 is 0. The topological polar surface area (TPSA) is 71.3 Å². The summed E-state index contributed by atoms with van der Waals surface area (Å²) < 4.78 is 2.16. The number of piperazine rings is 1. The Hall–Kier alpha value is -2.74. The van der Waals surface area contributed by atoms with Crippen LogP contribution >= 0.6 is 0 Å². The second kappa shape index (κ2) is 6.77. The third kappa shape index (κ3) is 2.99. The van der Waals surface area contributed by atoms with Crippen LogP contribution in [0.25, 0.3) is 0 Å². The van der Waals surface area contributed by atoms with Gasteiger partial charge >= 0.3 is 12.0 Å². The quantitative estimate of drug-likeness (QED) is 0.749. The van der Waals surface area contributed by atoms with E-state index in [1.807, 2.05) is 43.1 Å². The first-order chi connectivity index (χ1) is 13.0. The fourth-order valence-electron chi connectivity index (χ4n) is 3.77. The summed E-state index contributed by atoms with van der Waals surface area (Å²) in [6.45, 7) is 5.72. The summed E-state index contributed by atoms with van der Waals surface area (Å²) in [7, 11) is 3.57. The van der Waals surface area contributed by atoms with Crippen LogP contribution in [0.2, 0.25) is 0 Å². The number of amidine groups is 1. The molecule has 3 heterocycles. The number of aliphatic imine (C=N–C) groups is 1. The Morgan fingerprint density at radius 3 is 2.48 bits per heavy atom. The number of hydrogen-bond donors (Lipinski definition) is 1. The van der Waals surface area contributed by atoms with Gasteiger partial charge in [-0.3, -0.25) is 19.2 Å². The summed E-state index contributed by atoms with van der Waals surface area (Å²) in [5.41, 5.74) is 2.08. The summed E-state index contributed by atoms with van der Waals surface area (Å²) in [6, 6.07) is 7.01. The van der Waals surface area contributed by atoms with Gasteiger partial charge in [-0.2, -0.15) is 0 Å². The van der Waals surface area contributed by atoms with E-state index in [-0.39, 0.29) is 18.5 Å². The molecule has 0 aromatic heterocycles. The highest BCUT2D eigenvalue weighted by Crippen LogP contribution is 2.24. The van der Waals surface area contributed by atoms with Gasteiger partial charge in [-0.1, -0.05) is 34.8 Å². The van der Waals surface area contributed by atoms with E-state index in [9.17, 15) is 9.59 Å². The highest BCUT2D eigenvalue weighted by Gasteiger charge is 2.54. The van der Waals surface area contributed by atoms with Crippen LogP contribution in [0.1, 0.15) is 11.1 Å². The molecule has 3 aliphatic rings. The van der Waals surface area contributed by atoms with Crippen molar-refractivity contribution in [3.05, 3.63) is 35.4 Å². The standard InChI is InChI=1S/C19H25N6O2/c1-13-4-6-14(7-5-13)12-25-17(26)15-16(23(3)19(25)27)21-18(22(15)2)24-10-8-20-9-11-24/h4-7,15,20H,8-12H2,1-3H3/q+1. The smallest absolute Gasteiger partial charge is 0.310 e. The van der Waals surface area contributed by atoms with Crippen LogP contribution in [0.4, 0.5) is 4.79 Å². The lowest BCUT2D eigenvalue weighted by atomic mass is 10.1. The van der Waals surface area contributed by atoms with Gasteiger partial charge in [0, 0.05) is 20.1 Å². The Bertz CT molecular complexity index is 836. The lowest BCUT2D eigenvalue weighted by Crippen LogP contribution is -2.63. The molecule has 0 spiro atoms. The van der Waals surface area contributed by atoms with Gasteiger partial charge in [-0.05, 0) is 12.5 Å². The minimum atomic E-state index is -0.553. The number of rotatable bonds is 2.